The van der Waals surface area contributed by atoms with Crippen molar-refractivity contribution in [1.29, 1.82) is 0 Å². The van der Waals surface area contributed by atoms with Crippen molar-refractivity contribution in [3.8, 4) is 0 Å². The number of rotatable bonds is 5. The van der Waals surface area contributed by atoms with Crippen LogP contribution in [0.1, 0.15) is 46.6 Å². The minimum atomic E-state index is 0.0963. The van der Waals surface area contributed by atoms with Crippen LogP contribution in [0.15, 0.2) is 34.9 Å². The normalized spacial score (nSPS) is 21.4. The molecule has 1 aromatic heterocycles. The smallest absolute Gasteiger partial charge is 0.259 e. The molecule has 1 aromatic carbocycles. The lowest BCUT2D eigenvalue weighted by molar-refractivity contribution is 0.0771. The number of piperidine rings is 1. The molecule has 2 aromatic rings. The van der Waals surface area contributed by atoms with E-state index in [1.807, 2.05) is 18.7 Å². The maximum atomic E-state index is 12.9. The van der Waals surface area contributed by atoms with Gasteiger partial charge in [0, 0.05) is 19.6 Å². The summed E-state index contributed by atoms with van der Waals surface area (Å²) in [6.07, 6.45) is 4.78. The van der Waals surface area contributed by atoms with Crippen molar-refractivity contribution in [2.45, 2.75) is 39.5 Å². The molecule has 0 aliphatic carbocycles. The van der Waals surface area contributed by atoms with E-state index in [9.17, 15) is 4.79 Å². The van der Waals surface area contributed by atoms with E-state index in [-0.39, 0.29) is 5.91 Å². The van der Waals surface area contributed by atoms with E-state index < -0.39 is 0 Å². The van der Waals surface area contributed by atoms with Crippen molar-refractivity contribution in [3.63, 3.8) is 0 Å². The van der Waals surface area contributed by atoms with Gasteiger partial charge in [0.05, 0.1) is 5.69 Å². The van der Waals surface area contributed by atoms with Crippen molar-refractivity contribution in [1.82, 2.24) is 15.0 Å². The fourth-order valence-corrected chi connectivity index (χ4v) is 4.88. The molecule has 0 spiro atoms. The molecule has 0 unspecified atom stereocenters. The number of carbonyl (C=O) groups excluding carboxylic acids is 1. The third-order valence-corrected chi connectivity index (χ3v) is 6.62. The summed E-state index contributed by atoms with van der Waals surface area (Å²) < 4.78 is 5.18. The molecule has 2 fully saturated rings. The first-order valence-corrected chi connectivity index (χ1v) is 10.6. The molecule has 1 amide bonds. The van der Waals surface area contributed by atoms with Gasteiger partial charge in [-0.25, -0.2) is 0 Å². The Bertz CT molecular complexity index is 774. The monoisotopic (exact) mass is 381 g/mol. The van der Waals surface area contributed by atoms with Crippen LogP contribution in [0.4, 0.5) is 0 Å². The van der Waals surface area contributed by atoms with Gasteiger partial charge in [-0.3, -0.25) is 4.79 Å². The molecule has 0 N–H and O–H groups in total. The number of hydrogen-bond donors (Lipinski definition) is 0. The highest BCUT2D eigenvalue weighted by molar-refractivity contribution is 5.96. The summed E-state index contributed by atoms with van der Waals surface area (Å²) in [5, 5.41) is 3.94. The topological polar surface area (TPSA) is 49.6 Å². The van der Waals surface area contributed by atoms with Crippen molar-refractivity contribution < 1.29 is 9.32 Å². The molecular formula is C23H31N3O2. The molecule has 1 atom stereocenters. The molecule has 2 aliphatic rings. The van der Waals surface area contributed by atoms with E-state index >= 15 is 0 Å². The van der Waals surface area contributed by atoms with Gasteiger partial charge in [0.2, 0.25) is 0 Å². The maximum Gasteiger partial charge on any atom is 0.259 e. The first kappa shape index (κ1) is 19.2. The third kappa shape index (κ3) is 4.14. The van der Waals surface area contributed by atoms with E-state index in [1.54, 1.807) is 0 Å². The summed E-state index contributed by atoms with van der Waals surface area (Å²) in [7, 11) is 0. The SMILES string of the molecule is Cc1noc(C)c1C(=O)N1CC[C@H](C2CCN(CCc3ccccc3)CC2)C1. The second kappa shape index (κ2) is 8.48. The van der Waals surface area contributed by atoms with Gasteiger partial charge in [-0.05, 0) is 70.0 Å². The van der Waals surface area contributed by atoms with Crippen molar-refractivity contribution in [2.24, 2.45) is 11.8 Å². The van der Waals surface area contributed by atoms with Crippen LogP contribution in [0, 0.1) is 25.7 Å². The van der Waals surface area contributed by atoms with E-state index in [1.165, 1.54) is 31.5 Å². The number of aryl methyl sites for hydroxylation is 2. The molecule has 2 aliphatic heterocycles. The second-order valence-corrected chi connectivity index (χ2v) is 8.41. The number of amides is 1. The number of hydrogen-bond acceptors (Lipinski definition) is 4. The van der Waals surface area contributed by atoms with Gasteiger partial charge in [0.25, 0.3) is 5.91 Å². The fraction of sp³-hybridized carbons (Fsp3) is 0.565. The zero-order valence-electron chi connectivity index (χ0n) is 17.1. The zero-order valence-corrected chi connectivity index (χ0v) is 17.1. The number of aromatic nitrogens is 1. The molecule has 3 heterocycles. The second-order valence-electron chi connectivity index (χ2n) is 8.41. The Morgan fingerprint density at radius 1 is 1.07 bits per heavy atom. The highest BCUT2D eigenvalue weighted by atomic mass is 16.5. The van der Waals surface area contributed by atoms with Crippen LogP contribution < -0.4 is 0 Å². The number of carbonyl (C=O) groups is 1. The molecule has 28 heavy (non-hydrogen) atoms. The van der Waals surface area contributed by atoms with Gasteiger partial charge in [0.1, 0.15) is 11.3 Å². The molecule has 0 saturated carbocycles. The van der Waals surface area contributed by atoms with Crippen LogP contribution >= 0.6 is 0 Å². The highest BCUT2D eigenvalue weighted by Gasteiger charge is 2.35. The van der Waals surface area contributed by atoms with Gasteiger partial charge in [-0.1, -0.05) is 35.5 Å². The number of nitrogens with zero attached hydrogens (tertiary/aromatic N) is 3. The lowest BCUT2D eigenvalue weighted by atomic mass is 9.83. The minimum absolute atomic E-state index is 0.0963. The first-order chi connectivity index (χ1) is 13.6. The van der Waals surface area contributed by atoms with Crippen molar-refractivity contribution in [3.05, 3.63) is 52.9 Å². The summed E-state index contributed by atoms with van der Waals surface area (Å²) in [5.41, 5.74) is 2.79. The average Bonchev–Trinajstić information content (AvgIpc) is 3.34. The van der Waals surface area contributed by atoms with Crippen molar-refractivity contribution >= 4 is 5.91 Å². The lowest BCUT2D eigenvalue weighted by Crippen LogP contribution is -2.38. The zero-order chi connectivity index (χ0) is 19.5. The molecule has 4 rings (SSSR count). The Balaban J connectivity index is 1.25. The Morgan fingerprint density at radius 2 is 1.79 bits per heavy atom. The van der Waals surface area contributed by atoms with Crippen LogP contribution in [-0.2, 0) is 6.42 Å². The lowest BCUT2D eigenvalue weighted by Gasteiger charge is -2.34. The third-order valence-electron chi connectivity index (χ3n) is 6.62. The van der Waals surface area contributed by atoms with E-state index in [4.69, 9.17) is 4.52 Å². The Kier molecular flexibility index (Phi) is 5.81. The maximum absolute atomic E-state index is 12.9. The summed E-state index contributed by atoms with van der Waals surface area (Å²) in [6.45, 7) is 8.95. The Morgan fingerprint density at radius 3 is 2.46 bits per heavy atom. The summed E-state index contributed by atoms with van der Waals surface area (Å²) >= 11 is 0. The first-order valence-electron chi connectivity index (χ1n) is 10.6. The van der Waals surface area contributed by atoms with Crippen LogP contribution in [-0.4, -0.2) is 53.6 Å². The Labute approximate surface area is 167 Å². The van der Waals surface area contributed by atoms with Gasteiger partial charge >= 0.3 is 0 Å². The fourth-order valence-electron chi connectivity index (χ4n) is 4.88. The van der Waals surface area contributed by atoms with Crippen LogP contribution in [0.3, 0.4) is 0 Å². The van der Waals surface area contributed by atoms with E-state index in [0.717, 1.165) is 38.4 Å². The van der Waals surface area contributed by atoms with Crippen molar-refractivity contribution in [2.75, 3.05) is 32.7 Å². The molecule has 150 valence electrons. The predicted molar refractivity (Wildman–Crippen MR) is 109 cm³/mol. The highest BCUT2D eigenvalue weighted by Crippen LogP contribution is 2.33. The minimum Gasteiger partial charge on any atom is -0.361 e. The van der Waals surface area contributed by atoms with Gasteiger partial charge in [0.15, 0.2) is 0 Å². The number of benzene rings is 1. The Hall–Kier alpha value is -2.14. The van der Waals surface area contributed by atoms with Gasteiger partial charge < -0.3 is 14.3 Å². The summed E-state index contributed by atoms with van der Waals surface area (Å²) in [4.78, 5) is 17.5. The standard InChI is InChI=1S/C23H31N3O2/c1-17-22(18(2)28-24-17)23(27)26-15-11-21(16-26)20-9-13-25(14-10-20)12-8-19-6-4-3-5-7-19/h3-7,20-21H,8-16H2,1-2H3/t21-/m0/s1. The predicted octanol–water partition coefficient (Wildman–Crippen LogP) is 3.71. The van der Waals surface area contributed by atoms with Gasteiger partial charge in [-0.2, -0.15) is 0 Å². The summed E-state index contributed by atoms with van der Waals surface area (Å²) in [6, 6.07) is 10.8. The van der Waals surface area contributed by atoms with Crippen LogP contribution in [0.2, 0.25) is 0 Å². The van der Waals surface area contributed by atoms with E-state index in [0.29, 0.717) is 22.9 Å². The quantitative estimate of drug-likeness (QED) is 0.792. The average molecular weight is 382 g/mol. The summed E-state index contributed by atoms with van der Waals surface area (Å²) in [5.74, 6) is 2.12. The van der Waals surface area contributed by atoms with E-state index in [2.05, 4.69) is 40.4 Å². The van der Waals surface area contributed by atoms with Crippen LogP contribution in [0.5, 0.6) is 0 Å². The largest absolute Gasteiger partial charge is 0.361 e. The number of likely N-dealkylation sites (tertiary alicyclic amines) is 2. The van der Waals surface area contributed by atoms with Crippen LogP contribution in [0.25, 0.3) is 0 Å². The molecule has 5 heteroatoms. The molecule has 0 radical (unpaired) electrons. The molecule has 0 bridgehead atoms. The molecular weight excluding hydrogens is 350 g/mol. The molecule has 2 saturated heterocycles. The molecule has 5 nitrogen and oxygen atoms in total. The van der Waals surface area contributed by atoms with Gasteiger partial charge in [-0.15, -0.1) is 0 Å².